The van der Waals surface area contributed by atoms with Crippen LogP contribution in [-0.4, -0.2) is 31.2 Å². The number of carbonyl (C=O) groups is 2. The van der Waals surface area contributed by atoms with Crippen LogP contribution in [0.15, 0.2) is 103 Å². The number of anilines is 1. The fourth-order valence-electron chi connectivity index (χ4n) is 3.42. The topological polar surface area (TPSA) is 58.6 Å². The zero-order chi connectivity index (χ0) is 23.8. The average Bonchev–Trinajstić information content (AvgIpc) is 3.43. The maximum atomic E-state index is 12.4. The number of ether oxygens (including phenoxy) is 1. The number of hydrogen-bond acceptors (Lipinski definition) is 4. The molecule has 172 valence electrons. The minimum atomic E-state index is -0.428. The molecule has 2 aromatic rings. The molecule has 7 heteroatoms. The van der Waals surface area contributed by atoms with Crippen LogP contribution in [-0.2, 0) is 4.74 Å². The van der Waals surface area contributed by atoms with E-state index in [1.54, 1.807) is 17.0 Å². The van der Waals surface area contributed by atoms with Gasteiger partial charge in [-0.25, -0.2) is 4.79 Å². The molecule has 0 radical (unpaired) electrons. The van der Waals surface area contributed by atoms with Gasteiger partial charge in [-0.05, 0) is 35.4 Å². The van der Waals surface area contributed by atoms with E-state index in [9.17, 15) is 9.59 Å². The van der Waals surface area contributed by atoms with Crippen LogP contribution in [0.3, 0.4) is 0 Å². The van der Waals surface area contributed by atoms with Crippen molar-refractivity contribution in [3.63, 3.8) is 0 Å². The largest absolute Gasteiger partial charge is 0.442 e. The quantitative estimate of drug-likeness (QED) is 0.532. The Labute approximate surface area is 207 Å². The molecule has 1 fully saturated rings. The first-order valence-corrected chi connectivity index (χ1v) is 12.0. The minimum absolute atomic E-state index is 0.232. The van der Waals surface area contributed by atoms with E-state index in [2.05, 4.69) is 5.32 Å². The summed E-state index contributed by atoms with van der Waals surface area (Å²) in [7, 11) is 0. The summed E-state index contributed by atoms with van der Waals surface area (Å²) in [6, 6.07) is 11.1. The molecular weight excluding hydrogens is 468 g/mol. The van der Waals surface area contributed by atoms with Crippen LogP contribution in [0, 0.1) is 0 Å². The lowest BCUT2D eigenvalue weighted by molar-refractivity contribution is 0.0920. The molecule has 0 saturated carbocycles. The third-order valence-electron chi connectivity index (χ3n) is 5.11. The number of nitrogens with one attached hydrogen (secondary N) is 1. The van der Waals surface area contributed by atoms with Gasteiger partial charge in [0.25, 0.3) is 5.91 Å². The molecule has 34 heavy (non-hydrogen) atoms. The fourth-order valence-corrected chi connectivity index (χ4v) is 4.38. The van der Waals surface area contributed by atoms with E-state index in [1.807, 2.05) is 91.1 Å². The summed E-state index contributed by atoms with van der Waals surface area (Å²) in [5, 5.41) is 2.80. The molecule has 5 nitrogen and oxygen atoms in total. The lowest BCUT2D eigenvalue weighted by Crippen LogP contribution is -2.34. The number of nitrogens with zero attached hydrogens (tertiary/aromatic N) is 1. The monoisotopic (exact) mass is 490 g/mol. The zero-order valence-electron chi connectivity index (χ0n) is 18.3. The molecule has 2 aliphatic rings. The molecular formula is C27H23ClN2O3S. The van der Waals surface area contributed by atoms with Gasteiger partial charge in [-0.2, -0.15) is 0 Å². The van der Waals surface area contributed by atoms with Crippen molar-refractivity contribution in [3.05, 3.63) is 118 Å². The number of halogens is 1. The molecule has 1 aromatic carbocycles. The van der Waals surface area contributed by atoms with Crippen LogP contribution in [0.1, 0.15) is 15.2 Å². The molecule has 2 heterocycles. The maximum absolute atomic E-state index is 12.4. The molecule has 4 rings (SSSR count). The third kappa shape index (κ3) is 6.25. The van der Waals surface area contributed by atoms with Crippen molar-refractivity contribution in [2.24, 2.45) is 0 Å². The molecule has 1 atom stereocenters. The van der Waals surface area contributed by atoms with Crippen LogP contribution < -0.4 is 10.2 Å². The molecule has 1 aromatic heterocycles. The van der Waals surface area contributed by atoms with Crippen molar-refractivity contribution in [3.8, 4) is 0 Å². The van der Waals surface area contributed by atoms with E-state index in [-0.39, 0.29) is 12.5 Å². The molecule has 1 saturated heterocycles. The van der Waals surface area contributed by atoms with Crippen LogP contribution in [0.25, 0.3) is 5.57 Å². The number of hydrogen-bond donors (Lipinski definition) is 1. The summed E-state index contributed by atoms with van der Waals surface area (Å²) >= 11 is 7.09. The lowest BCUT2D eigenvalue weighted by Gasteiger charge is -2.14. The van der Waals surface area contributed by atoms with Crippen LogP contribution in [0.5, 0.6) is 0 Å². The van der Waals surface area contributed by atoms with Crippen molar-refractivity contribution in [2.75, 3.05) is 18.0 Å². The van der Waals surface area contributed by atoms with Gasteiger partial charge in [-0.1, -0.05) is 90.6 Å². The number of cyclic esters (lactones) is 1. The predicted octanol–water partition coefficient (Wildman–Crippen LogP) is 6.33. The summed E-state index contributed by atoms with van der Waals surface area (Å²) in [5.74, 6) is -0.232. The molecule has 1 aliphatic heterocycles. The van der Waals surface area contributed by atoms with Crippen LogP contribution in [0.2, 0.25) is 4.34 Å². The number of benzene rings is 1. The first kappa shape index (κ1) is 23.5. The second-order valence-corrected chi connectivity index (χ2v) is 9.21. The Bertz CT molecular complexity index is 1220. The Morgan fingerprint density at radius 2 is 1.65 bits per heavy atom. The van der Waals surface area contributed by atoms with Gasteiger partial charge in [0, 0.05) is 5.69 Å². The average molecular weight is 491 g/mol. The molecule has 2 amide bonds. The Balaban J connectivity index is 1.40. The first-order valence-electron chi connectivity index (χ1n) is 10.8. The van der Waals surface area contributed by atoms with Crippen LogP contribution >= 0.6 is 22.9 Å². The minimum Gasteiger partial charge on any atom is -0.442 e. The van der Waals surface area contributed by atoms with Crippen LogP contribution in [0.4, 0.5) is 10.5 Å². The van der Waals surface area contributed by atoms with Gasteiger partial charge in [0.05, 0.1) is 22.3 Å². The first-order chi connectivity index (χ1) is 16.6. The Morgan fingerprint density at radius 1 is 0.971 bits per heavy atom. The molecule has 1 aliphatic carbocycles. The highest BCUT2D eigenvalue weighted by atomic mass is 35.5. The molecule has 0 bridgehead atoms. The second kappa shape index (κ2) is 11.5. The smallest absolute Gasteiger partial charge is 0.414 e. The highest BCUT2D eigenvalue weighted by molar-refractivity contribution is 7.18. The molecule has 0 spiro atoms. The Kier molecular flexibility index (Phi) is 7.96. The van der Waals surface area contributed by atoms with Gasteiger partial charge in [0.2, 0.25) is 0 Å². The lowest BCUT2D eigenvalue weighted by atomic mass is 10.0. The normalized spacial score (nSPS) is 24.0. The van der Waals surface area contributed by atoms with E-state index in [1.165, 1.54) is 11.3 Å². The number of thiophene rings is 1. The van der Waals surface area contributed by atoms with Gasteiger partial charge in [-0.3, -0.25) is 9.69 Å². The van der Waals surface area contributed by atoms with E-state index in [4.69, 9.17) is 16.3 Å². The maximum Gasteiger partial charge on any atom is 0.414 e. The summed E-state index contributed by atoms with van der Waals surface area (Å²) in [6.45, 7) is 0.593. The van der Waals surface area contributed by atoms with Crippen molar-refractivity contribution in [1.82, 2.24) is 5.32 Å². The zero-order valence-corrected chi connectivity index (χ0v) is 19.8. The predicted molar refractivity (Wildman–Crippen MR) is 139 cm³/mol. The SMILES string of the molecule is O=C(NC[C@H]1CN(c2ccc(C3=C/C=C\C=C/C=C\C=C/C=C\3)cc2)C(=O)O1)c1ccc(Cl)s1. The highest BCUT2D eigenvalue weighted by Gasteiger charge is 2.32. The Hall–Kier alpha value is -3.61. The molecule has 1 N–H and O–H groups in total. The van der Waals surface area contributed by atoms with Gasteiger partial charge in [-0.15, -0.1) is 11.3 Å². The van der Waals surface area contributed by atoms with Crippen molar-refractivity contribution >= 4 is 46.2 Å². The van der Waals surface area contributed by atoms with Crippen molar-refractivity contribution in [2.45, 2.75) is 6.10 Å². The third-order valence-corrected chi connectivity index (χ3v) is 6.34. The standard InChI is InChI=1S/C27H23ClN2O3S/c28-25-17-16-24(34-25)26(31)29-18-23-19-30(27(32)33-23)22-14-12-21(13-15-22)20-10-8-6-4-2-1-3-5-7-9-11-20/h1-17,23H,18-19H2,(H,29,31)/b2-1-,3-1?,4-2?,5-3-,6-4-,7-5?,8-6?,9-7-,10-8-,11-9?,20-10?,20-11+/t23-/m0/s1. The van der Waals surface area contributed by atoms with Crippen molar-refractivity contribution < 1.29 is 14.3 Å². The second-order valence-electron chi connectivity index (χ2n) is 7.50. The fraction of sp³-hybridized carbons (Fsp3) is 0.111. The van der Waals surface area contributed by atoms with Gasteiger partial charge < -0.3 is 10.1 Å². The van der Waals surface area contributed by atoms with E-state index in [0.29, 0.717) is 15.8 Å². The van der Waals surface area contributed by atoms with Crippen molar-refractivity contribution in [1.29, 1.82) is 0 Å². The molecule has 0 unspecified atom stereocenters. The number of carbonyl (C=O) groups excluding carboxylic acids is 2. The van der Waals surface area contributed by atoms with E-state index >= 15 is 0 Å². The number of amides is 2. The summed E-state index contributed by atoms with van der Waals surface area (Å²) in [5.41, 5.74) is 2.82. The number of allylic oxidation sites excluding steroid dienone is 12. The summed E-state index contributed by atoms with van der Waals surface area (Å²) in [4.78, 5) is 26.7. The van der Waals surface area contributed by atoms with E-state index < -0.39 is 12.2 Å². The summed E-state index contributed by atoms with van der Waals surface area (Å²) < 4.78 is 6.00. The Morgan fingerprint density at radius 3 is 2.32 bits per heavy atom. The van der Waals surface area contributed by atoms with Gasteiger partial charge >= 0.3 is 6.09 Å². The number of rotatable bonds is 5. The van der Waals surface area contributed by atoms with Gasteiger partial charge in [0.15, 0.2) is 0 Å². The highest BCUT2D eigenvalue weighted by Crippen LogP contribution is 2.25. The van der Waals surface area contributed by atoms with E-state index in [0.717, 1.165) is 16.8 Å². The van der Waals surface area contributed by atoms with Gasteiger partial charge in [0.1, 0.15) is 6.10 Å². The summed E-state index contributed by atoms with van der Waals surface area (Å²) in [6.07, 6.45) is 21.0.